The fourth-order valence-corrected chi connectivity index (χ4v) is 4.00. The molecule has 4 heterocycles. The second-order valence-corrected chi connectivity index (χ2v) is 7.20. The van der Waals surface area contributed by atoms with Crippen LogP contribution < -0.4 is 4.90 Å². The van der Waals surface area contributed by atoms with Crippen LogP contribution in [0.15, 0.2) is 24.5 Å². The maximum Gasteiger partial charge on any atom is 0.163 e. The van der Waals surface area contributed by atoms with Gasteiger partial charge in [0.1, 0.15) is 5.82 Å². The molecule has 132 valence electrons. The number of piperidine rings is 1. The van der Waals surface area contributed by atoms with Crippen molar-refractivity contribution in [1.29, 1.82) is 0 Å². The molecule has 4 rings (SSSR count). The number of aryl methyl sites for hydroxylation is 1. The lowest BCUT2D eigenvalue weighted by Crippen LogP contribution is -2.38. The fraction of sp³-hybridized carbons (Fsp3) is 0.550. The van der Waals surface area contributed by atoms with Gasteiger partial charge < -0.3 is 9.64 Å². The van der Waals surface area contributed by atoms with Crippen LogP contribution in [0.2, 0.25) is 0 Å². The summed E-state index contributed by atoms with van der Waals surface area (Å²) in [4.78, 5) is 16.2. The molecule has 0 aromatic carbocycles. The van der Waals surface area contributed by atoms with Crippen LogP contribution in [0.4, 0.5) is 5.82 Å². The number of aromatic nitrogens is 3. The van der Waals surface area contributed by atoms with Crippen molar-refractivity contribution in [3.8, 4) is 11.4 Å². The van der Waals surface area contributed by atoms with Crippen LogP contribution in [0.5, 0.6) is 0 Å². The Bertz CT molecular complexity index is 720. The first kappa shape index (κ1) is 16.5. The van der Waals surface area contributed by atoms with Crippen LogP contribution >= 0.6 is 0 Å². The highest BCUT2D eigenvalue weighted by molar-refractivity contribution is 5.59. The van der Waals surface area contributed by atoms with Crippen LogP contribution in [0.3, 0.4) is 0 Å². The van der Waals surface area contributed by atoms with Crippen LogP contribution in [0.25, 0.3) is 11.4 Å². The molecule has 0 N–H and O–H groups in total. The predicted octanol–water partition coefficient (Wildman–Crippen LogP) is 3.55. The summed E-state index contributed by atoms with van der Waals surface area (Å²) in [6.07, 6.45) is 8.94. The van der Waals surface area contributed by atoms with Gasteiger partial charge in [-0.25, -0.2) is 9.97 Å². The van der Waals surface area contributed by atoms with E-state index in [2.05, 4.69) is 28.7 Å². The summed E-state index contributed by atoms with van der Waals surface area (Å²) >= 11 is 0. The average Bonchev–Trinajstić information content (AvgIpc) is 3.19. The summed E-state index contributed by atoms with van der Waals surface area (Å²) in [6, 6.07) is 3.95. The minimum atomic E-state index is 0.487. The molecule has 5 heteroatoms. The van der Waals surface area contributed by atoms with Crippen LogP contribution in [-0.4, -0.2) is 40.8 Å². The highest BCUT2D eigenvalue weighted by atomic mass is 16.5. The molecule has 0 aliphatic carbocycles. The molecule has 0 amide bonds. The van der Waals surface area contributed by atoms with E-state index in [1.807, 2.05) is 18.3 Å². The Balaban J connectivity index is 1.55. The van der Waals surface area contributed by atoms with Gasteiger partial charge >= 0.3 is 0 Å². The Morgan fingerprint density at radius 2 is 1.96 bits per heavy atom. The summed E-state index contributed by atoms with van der Waals surface area (Å²) in [7, 11) is 0. The monoisotopic (exact) mass is 338 g/mol. The summed E-state index contributed by atoms with van der Waals surface area (Å²) in [5.74, 6) is 2.56. The third-order valence-corrected chi connectivity index (χ3v) is 5.61. The highest BCUT2D eigenvalue weighted by Gasteiger charge is 2.30. The topological polar surface area (TPSA) is 51.1 Å². The van der Waals surface area contributed by atoms with Crippen molar-refractivity contribution in [2.24, 2.45) is 5.92 Å². The molecule has 2 aliphatic heterocycles. The number of nitrogens with zero attached hydrogens (tertiary/aromatic N) is 4. The molecule has 0 radical (unpaired) electrons. The molecule has 25 heavy (non-hydrogen) atoms. The molecule has 2 fully saturated rings. The van der Waals surface area contributed by atoms with Gasteiger partial charge in [0.2, 0.25) is 0 Å². The molecule has 2 aromatic heterocycles. The Morgan fingerprint density at radius 1 is 1.12 bits per heavy atom. The number of hydrogen-bond acceptors (Lipinski definition) is 5. The van der Waals surface area contributed by atoms with Crippen LogP contribution in [-0.2, 0) is 4.74 Å². The molecular formula is C20H26N4O. The van der Waals surface area contributed by atoms with E-state index < -0.39 is 0 Å². The fourth-order valence-electron chi connectivity index (χ4n) is 4.00. The lowest BCUT2D eigenvalue weighted by atomic mass is 9.89. The second-order valence-electron chi connectivity index (χ2n) is 7.20. The minimum absolute atomic E-state index is 0.487. The standard InChI is InChI=1S/C20H26N4O/c1-14-15(2)22-19(17-5-3-9-21-13-17)23-20(14)24-10-7-16(8-11-24)18-6-4-12-25-18/h3,5,9,13,16,18H,4,6-8,10-12H2,1-2H3. The number of anilines is 1. The zero-order valence-electron chi connectivity index (χ0n) is 15.1. The van der Waals surface area contributed by atoms with E-state index in [0.717, 1.165) is 42.6 Å². The summed E-state index contributed by atoms with van der Waals surface area (Å²) in [6.45, 7) is 7.25. The van der Waals surface area contributed by atoms with Gasteiger partial charge in [0.15, 0.2) is 5.82 Å². The zero-order chi connectivity index (χ0) is 17.2. The number of ether oxygens (including phenoxy) is 1. The van der Waals surface area contributed by atoms with E-state index in [0.29, 0.717) is 12.0 Å². The third kappa shape index (κ3) is 3.38. The molecule has 2 aliphatic rings. The molecular weight excluding hydrogens is 312 g/mol. The average molecular weight is 338 g/mol. The molecule has 0 saturated carbocycles. The largest absolute Gasteiger partial charge is 0.378 e. The van der Waals surface area contributed by atoms with E-state index in [4.69, 9.17) is 9.72 Å². The summed E-state index contributed by atoms with van der Waals surface area (Å²) in [5, 5.41) is 0. The first-order chi connectivity index (χ1) is 12.2. The van der Waals surface area contributed by atoms with Crippen molar-refractivity contribution in [2.75, 3.05) is 24.6 Å². The molecule has 2 aromatic rings. The van der Waals surface area contributed by atoms with Gasteiger partial charge in [0, 0.05) is 48.9 Å². The van der Waals surface area contributed by atoms with Gasteiger partial charge in [-0.2, -0.15) is 0 Å². The summed E-state index contributed by atoms with van der Waals surface area (Å²) < 4.78 is 5.90. The Labute approximate surface area is 149 Å². The molecule has 1 atom stereocenters. The van der Waals surface area contributed by atoms with E-state index >= 15 is 0 Å². The normalized spacial score (nSPS) is 21.7. The van der Waals surface area contributed by atoms with E-state index in [9.17, 15) is 0 Å². The van der Waals surface area contributed by atoms with E-state index in [-0.39, 0.29) is 0 Å². The zero-order valence-corrected chi connectivity index (χ0v) is 15.1. The van der Waals surface area contributed by atoms with Crippen molar-refractivity contribution >= 4 is 5.82 Å². The lowest BCUT2D eigenvalue weighted by Gasteiger charge is -2.36. The van der Waals surface area contributed by atoms with Crippen molar-refractivity contribution < 1.29 is 4.74 Å². The van der Waals surface area contributed by atoms with Crippen LogP contribution in [0.1, 0.15) is 36.9 Å². The second kappa shape index (κ2) is 7.08. The Kier molecular flexibility index (Phi) is 4.66. The molecule has 2 saturated heterocycles. The van der Waals surface area contributed by atoms with Crippen molar-refractivity contribution in [1.82, 2.24) is 15.0 Å². The third-order valence-electron chi connectivity index (χ3n) is 5.61. The van der Waals surface area contributed by atoms with Gasteiger partial charge in [-0.1, -0.05) is 0 Å². The Morgan fingerprint density at radius 3 is 2.64 bits per heavy atom. The maximum atomic E-state index is 5.90. The molecule has 0 bridgehead atoms. The van der Waals surface area contributed by atoms with Gasteiger partial charge in [0.05, 0.1) is 6.10 Å². The molecule has 5 nitrogen and oxygen atoms in total. The first-order valence-electron chi connectivity index (χ1n) is 9.34. The Hall–Kier alpha value is -2.01. The SMILES string of the molecule is Cc1nc(-c2cccnc2)nc(N2CCC(C3CCCO3)CC2)c1C. The number of hydrogen-bond donors (Lipinski definition) is 0. The van der Waals surface area contributed by atoms with Gasteiger partial charge in [-0.15, -0.1) is 0 Å². The van der Waals surface area contributed by atoms with E-state index in [1.54, 1.807) is 6.20 Å². The quantitative estimate of drug-likeness (QED) is 0.856. The highest BCUT2D eigenvalue weighted by Crippen LogP contribution is 2.32. The van der Waals surface area contributed by atoms with Gasteiger partial charge in [0.25, 0.3) is 0 Å². The lowest BCUT2D eigenvalue weighted by molar-refractivity contribution is 0.0531. The first-order valence-corrected chi connectivity index (χ1v) is 9.34. The minimum Gasteiger partial charge on any atom is -0.378 e. The van der Waals surface area contributed by atoms with Gasteiger partial charge in [-0.3, -0.25) is 4.98 Å². The maximum absolute atomic E-state index is 5.90. The predicted molar refractivity (Wildman–Crippen MR) is 98.6 cm³/mol. The molecule has 0 spiro atoms. The number of rotatable bonds is 3. The summed E-state index contributed by atoms with van der Waals surface area (Å²) in [5.41, 5.74) is 3.20. The van der Waals surface area contributed by atoms with Crippen molar-refractivity contribution in [2.45, 2.75) is 45.6 Å². The van der Waals surface area contributed by atoms with Crippen molar-refractivity contribution in [3.63, 3.8) is 0 Å². The van der Waals surface area contributed by atoms with E-state index in [1.165, 1.54) is 31.2 Å². The molecule has 1 unspecified atom stereocenters. The number of pyridine rings is 1. The van der Waals surface area contributed by atoms with Crippen LogP contribution in [0, 0.1) is 19.8 Å². The van der Waals surface area contributed by atoms with Crippen molar-refractivity contribution in [3.05, 3.63) is 35.8 Å². The van der Waals surface area contributed by atoms with Gasteiger partial charge in [-0.05, 0) is 57.6 Å². The smallest absolute Gasteiger partial charge is 0.163 e.